The van der Waals surface area contributed by atoms with Gasteiger partial charge in [-0.05, 0) is 54.3 Å². The molecule has 0 aromatic heterocycles. The number of nitrogens with zero attached hydrogens (tertiary/aromatic N) is 1. The molecule has 0 aliphatic carbocycles. The zero-order valence-electron chi connectivity index (χ0n) is 17.7. The Morgan fingerprint density at radius 3 is 1.97 bits per heavy atom. The first-order chi connectivity index (χ1) is 15.1. The molecule has 32 heavy (non-hydrogen) atoms. The smallest absolute Gasteiger partial charge is 0.294 e. The van der Waals surface area contributed by atoms with Gasteiger partial charge in [0.05, 0.1) is 9.79 Å². The second-order valence-corrected chi connectivity index (χ2v) is 10.9. The van der Waals surface area contributed by atoms with Crippen molar-refractivity contribution >= 4 is 20.1 Å². The van der Waals surface area contributed by atoms with E-state index in [2.05, 4.69) is 6.07 Å². The van der Waals surface area contributed by atoms with Crippen LogP contribution < -0.4 is 5.73 Å². The summed E-state index contributed by atoms with van der Waals surface area (Å²) in [6, 6.07) is 20.8. The molecule has 0 unspecified atom stereocenters. The molecule has 0 fully saturated rings. The first-order valence-electron chi connectivity index (χ1n) is 10.0. The molecular formula is C23H26N2O5S2. The normalized spacial score (nSPS) is 14.2. The Morgan fingerprint density at radius 1 is 0.844 bits per heavy atom. The van der Waals surface area contributed by atoms with Crippen molar-refractivity contribution in [2.24, 2.45) is 5.73 Å². The van der Waals surface area contributed by atoms with E-state index >= 15 is 0 Å². The van der Waals surface area contributed by atoms with E-state index < -0.39 is 20.1 Å². The zero-order valence-corrected chi connectivity index (χ0v) is 19.3. The largest absolute Gasteiger partial charge is 0.326 e. The van der Waals surface area contributed by atoms with Crippen LogP contribution in [-0.2, 0) is 39.7 Å². The maximum absolute atomic E-state index is 12.7. The van der Waals surface area contributed by atoms with Crippen molar-refractivity contribution < 1.29 is 21.4 Å². The highest BCUT2D eigenvalue weighted by Gasteiger charge is 2.27. The number of sulfonamides is 1. The molecule has 0 saturated carbocycles. The van der Waals surface area contributed by atoms with Gasteiger partial charge in [-0.1, -0.05) is 54.1 Å². The molecule has 1 aliphatic heterocycles. The van der Waals surface area contributed by atoms with Crippen LogP contribution >= 0.6 is 0 Å². The number of benzene rings is 3. The molecular weight excluding hydrogens is 448 g/mol. The standard InChI is InChI=1S/C16H18N2O2S.C7H8O3S/c17-11-13-5-7-16(8-6-13)21(19,20)18-10-9-14-3-1-2-4-15(14)12-18;1-6-2-4-7(5-3-6)11(8,9)10/h1-8H,9-12,17H2;2-5H,1H3,(H,8,9,10). The van der Waals surface area contributed by atoms with Crippen molar-refractivity contribution in [3.8, 4) is 0 Å². The quantitative estimate of drug-likeness (QED) is 0.561. The van der Waals surface area contributed by atoms with Crippen LogP contribution in [0.1, 0.15) is 22.3 Å². The van der Waals surface area contributed by atoms with E-state index in [1.807, 2.05) is 25.1 Å². The molecule has 0 radical (unpaired) electrons. The van der Waals surface area contributed by atoms with Gasteiger partial charge in [0.1, 0.15) is 0 Å². The van der Waals surface area contributed by atoms with Crippen molar-refractivity contribution in [1.29, 1.82) is 0 Å². The number of fused-ring (bicyclic) bond motifs is 1. The average molecular weight is 475 g/mol. The highest BCUT2D eigenvalue weighted by Crippen LogP contribution is 2.25. The molecule has 0 atom stereocenters. The molecule has 4 rings (SSSR count). The van der Waals surface area contributed by atoms with Gasteiger partial charge in [0.2, 0.25) is 10.0 Å². The number of nitrogens with two attached hydrogens (primary N) is 1. The molecule has 0 spiro atoms. The van der Waals surface area contributed by atoms with E-state index in [0.717, 1.165) is 23.1 Å². The Hall–Kier alpha value is -2.56. The van der Waals surface area contributed by atoms with E-state index in [1.54, 1.807) is 40.7 Å². The maximum Gasteiger partial charge on any atom is 0.294 e. The molecule has 3 aromatic rings. The van der Waals surface area contributed by atoms with Crippen molar-refractivity contribution in [1.82, 2.24) is 4.31 Å². The monoisotopic (exact) mass is 474 g/mol. The summed E-state index contributed by atoms with van der Waals surface area (Å²) in [5.74, 6) is 0. The van der Waals surface area contributed by atoms with Crippen LogP contribution in [0.25, 0.3) is 0 Å². The third-order valence-electron chi connectivity index (χ3n) is 5.21. The Morgan fingerprint density at radius 2 is 1.41 bits per heavy atom. The first-order valence-corrected chi connectivity index (χ1v) is 12.9. The van der Waals surface area contributed by atoms with Crippen molar-refractivity contribution in [2.75, 3.05) is 6.54 Å². The van der Waals surface area contributed by atoms with Crippen LogP contribution in [0.15, 0.2) is 82.6 Å². The number of hydrogen-bond donors (Lipinski definition) is 2. The topological polar surface area (TPSA) is 118 Å². The minimum absolute atomic E-state index is 0.0666. The van der Waals surface area contributed by atoms with Gasteiger partial charge in [0.15, 0.2) is 0 Å². The molecule has 0 saturated heterocycles. The number of rotatable bonds is 4. The summed E-state index contributed by atoms with van der Waals surface area (Å²) in [6.45, 7) is 3.22. The van der Waals surface area contributed by atoms with Gasteiger partial charge < -0.3 is 5.73 Å². The van der Waals surface area contributed by atoms with Crippen LogP contribution in [-0.4, -0.2) is 32.2 Å². The van der Waals surface area contributed by atoms with E-state index in [-0.39, 0.29) is 4.90 Å². The van der Waals surface area contributed by atoms with E-state index in [9.17, 15) is 16.8 Å². The predicted molar refractivity (Wildman–Crippen MR) is 123 cm³/mol. The average Bonchev–Trinajstić information content (AvgIpc) is 2.79. The maximum atomic E-state index is 12.7. The lowest BCUT2D eigenvalue weighted by molar-refractivity contribution is 0.391. The lowest BCUT2D eigenvalue weighted by atomic mass is 10.0. The van der Waals surface area contributed by atoms with Crippen molar-refractivity contribution in [2.45, 2.75) is 36.2 Å². The van der Waals surface area contributed by atoms with Gasteiger partial charge in [0, 0.05) is 19.6 Å². The SMILES string of the molecule is Cc1ccc(S(=O)(=O)O)cc1.NCc1ccc(S(=O)(=O)N2CCc3ccccc3C2)cc1. The minimum Gasteiger partial charge on any atom is -0.326 e. The summed E-state index contributed by atoms with van der Waals surface area (Å²) >= 11 is 0. The molecule has 0 bridgehead atoms. The highest BCUT2D eigenvalue weighted by molar-refractivity contribution is 7.89. The summed E-state index contributed by atoms with van der Waals surface area (Å²) in [7, 11) is -7.46. The van der Waals surface area contributed by atoms with Crippen molar-refractivity contribution in [3.63, 3.8) is 0 Å². The Bertz CT molecular complexity index is 1270. The highest BCUT2D eigenvalue weighted by atomic mass is 32.2. The van der Waals surface area contributed by atoms with Gasteiger partial charge >= 0.3 is 0 Å². The van der Waals surface area contributed by atoms with E-state index in [1.165, 1.54) is 17.7 Å². The lowest BCUT2D eigenvalue weighted by Crippen LogP contribution is -2.35. The van der Waals surface area contributed by atoms with E-state index in [0.29, 0.717) is 24.5 Å². The molecule has 3 aromatic carbocycles. The lowest BCUT2D eigenvalue weighted by Gasteiger charge is -2.28. The Kier molecular flexibility index (Phi) is 7.47. The summed E-state index contributed by atoms with van der Waals surface area (Å²) < 4.78 is 56.5. The Balaban J connectivity index is 0.000000222. The van der Waals surface area contributed by atoms with Crippen LogP contribution in [0.2, 0.25) is 0 Å². The van der Waals surface area contributed by atoms with Gasteiger partial charge in [0.25, 0.3) is 10.1 Å². The minimum atomic E-state index is -4.02. The fourth-order valence-corrected chi connectivity index (χ4v) is 5.23. The summed E-state index contributed by atoms with van der Waals surface area (Å²) in [4.78, 5) is 0.266. The fourth-order valence-electron chi connectivity index (χ4n) is 3.33. The molecule has 1 heterocycles. The summed E-state index contributed by atoms with van der Waals surface area (Å²) in [5, 5.41) is 0. The molecule has 7 nitrogen and oxygen atoms in total. The predicted octanol–water partition coefficient (Wildman–Crippen LogP) is 3.13. The number of hydrogen-bond acceptors (Lipinski definition) is 5. The van der Waals surface area contributed by atoms with Gasteiger partial charge in [-0.2, -0.15) is 12.7 Å². The third-order valence-corrected chi connectivity index (χ3v) is 7.94. The van der Waals surface area contributed by atoms with Crippen LogP contribution in [0.5, 0.6) is 0 Å². The van der Waals surface area contributed by atoms with Gasteiger partial charge in [-0.3, -0.25) is 4.55 Å². The van der Waals surface area contributed by atoms with Gasteiger partial charge in [-0.15, -0.1) is 0 Å². The second kappa shape index (κ2) is 9.93. The molecule has 0 amide bonds. The summed E-state index contributed by atoms with van der Waals surface area (Å²) in [5.41, 5.74) is 9.76. The molecule has 3 N–H and O–H groups in total. The molecule has 1 aliphatic rings. The first kappa shape index (κ1) is 24.1. The summed E-state index contributed by atoms with van der Waals surface area (Å²) in [6.07, 6.45) is 0.760. The van der Waals surface area contributed by atoms with Crippen molar-refractivity contribution in [3.05, 3.63) is 95.1 Å². The van der Waals surface area contributed by atoms with Crippen LogP contribution in [0.4, 0.5) is 0 Å². The van der Waals surface area contributed by atoms with Crippen LogP contribution in [0.3, 0.4) is 0 Å². The molecule has 170 valence electrons. The number of aryl methyl sites for hydroxylation is 1. The fraction of sp³-hybridized carbons (Fsp3) is 0.217. The zero-order chi connectivity index (χ0) is 23.4. The second-order valence-electron chi connectivity index (χ2n) is 7.49. The third kappa shape index (κ3) is 5.81. The Labute approximate surface area is 189 Å². The van der Waals surface area contributed by atoms with Gasteiger partial charge in [-0.25, -0.2) is 8.42 Å². The van der Waals surface area contributed by atoms with E-state index in [4.69, 9.17) is 10.3 Å². The van der Waals surface area contributed by atoms with Crippen LogP contribution in [0, 0.1) is 6.92 Å². The molecule has 9 heteroatoms.